The maximum absolute atomic E-state index is 9.26. The van der Waals surface area contributed by atoms with E-state index in [9.17, 15) is 5.26 Å². The van der Waals surface area contributed by atoms with Crippen LogP contribution in [0.2, 0.25) is 0 Å². The Balaban J connectivity index is 1.98. The molecule has 0 saturated carbocycles. The summed E-state index contributed by atoms with van der Waals surface area (Å²) in [4.78, 5) is 4.45. The highest BCUT2D eigenvalue weighted by Gasteiger charge is 2.06. The van der Waals surface area contributed by atoms with E-state index >= 15 is 0 Å². The summed E-state index contributed by atoms with van der Waals surface area (Å²) in [7, 11) is 0. The van der Waals surface area contributed by atoms with Crippen LogP contribution in [0.25, 0.3) is 10.9 Å². The van der Waals surface area contributed by atoms with Crippen LogP contribution in [0.5, 0.6) is 11.6 Å². The van der Waals surface area contributed by atoms with Crippen molar-refractivity contribution in [3.63, 3.8) is 0 Å². The standard InChI is InChI=1S/C18H14N2O/c1-2-13-7-9-15(10-8-13)21-18-11-14(12-19)16-5-3-4-6-17(16)20-18/h3-11H,2H2,1H3. The average Bonchev–Trinajstić information content (AvgIpc) is 2.55. The molecule has 0 fully saturated rings. The number of nitriles is 1. The number of aromatic nitrogens is 1. The molecule has 0 aliphatic heterocycles. The Morgan fingerprint density at radius 1 is 1.10 bits per heavy atom. The number of pyridine rings is 1. The molecule has 0 aliphatic carbocycles. The van der Waals surface area contributed by atoms with Gasteiger partial charge in [-0.3, -0.25) is 0 Å². The molecule has 0 atom stereocenters. The second-order valence-corrected chi connectivity index (χ2v) is 4.74. The molecule has 3 nitrogen and oxygen atoms in total. The first-order chi connectivity index (χ1) is 10.3. The van der Waals surface area contributed by atoms with Crippen molar-refractivity contribution in [1.29, 1.82) is 5.26 Å². The summed E-state index contributed by atoms with van der Waals surface area (Å²) in [5.41, 5.74) is 2.59. The van der Waals surface area contributed by atoms with Crippen LogP contribution in [0.3, 0.4) is 0 Å². The van der Waals surface area contributed by atoms with Crippen LogP contribution >= 0.6 is 0 Å². The minimum atomic E-state index is 0.439. The lowest BCUT2D eigenvalue weighted by Crippen LogP contribution is -1.91. The molecule has 0 bridgehead atoms. The molecular weight excluding hydrogens is 260 g/mol. The van der Waals surface area contributed by atoms with Crippen molar-refractivity contribution in [3.8, 4) is 17.7 Å². The van der Waals surface area contributed by atoms with Crippen molar-refractivity contribution in [2.45, 2.75) is 13.3 Å². The third-order valence-corrected chi connectivity index (χ3v) is 3.37. The third kappa shape index (κ3) is 2.70. The van der Waals surface area contributed by atoms with Crippen molar-refractivity contribution in [3.05, 3.63) is 65.7 Å². The highest BCUT2D eigenvalue weighted by Crippen LogP contribution is 2.25. The number of ether oxygens (including phenoxy) is 1. The first kappa shape index (κ1) is 13.1. The van der Waals surface area contributed by atoms with Crippen LogP contribution < -0.4 is 4.74 Å². The quantitative estimate of drug-likeness (QED) is 0.708. The van der Waals surface area contributed by atoms with Crippen LogP contribution in [0.4, 0.5) is 0 Å². The Hall–Kier alpha value is -2.86. The van der Waals surface area contributed by atoms with Gasteiger partial charge in [0.2, 0.25) is 5.88 Å². The minimum Gasteiger partial charge on any atom is -0.439 e. The number of hydrogen-bond acceptors (Lipinski definition) is 3. The number of fused-ring (bicyclic) bond motifs is 1. The third-order valence-electron chi connectivity index (χ3n) is 3.37. The molecule has 1 aromatic heterocycles. The van der Waals surface area contributed by atoms with Crippen molar-refractivity contribution in [1.82, 2.24) is 4.98 Å². The summed E-state index contributed by atoms with van der Waals surface area (Å²) in [6, 6.07) is 19.3. The van der Waals surface area contributed by atoms with Crippen LogP contribution in [0.1, 0.15) is 18.1 Å². The largest absolute Gasteiger partial charge is 0.439 e. The van der Waals surface area contributed by atoms with Gasteiger partial charge in [0.1, 0.15) is 11.8 Å². The molecule has 0 saturated heterocycles. The Labute approximate surface area is 123 Å². The van der Waals surface area contributed by atoms with Gasteiger partial charge in [0.15, 0.2) is 0 Å². The van der Waals surface area contributed by atoms with Gasteiger partial charge in [0.05, 0.1) is 11.1 Å². The Kier molecular flexibility index (Phi) is 3.53. The van der Waals surface area contributed by atoms with E-state index in [-0.39, 0.29) is 0 Å². The van der Waals surface area contributed by atoms with Gasteiger partial charge >= 0.3 is 0 Å². The SMILES string of the molecule is CCc1ccc(Oc2cc(C#N)c3ccccc3n2)cc1. The monoisotopic (exact) mass is 274 g/mol. The molecule has 0 N–H and O–H groups in total. The predicted molar refractivity (Wildman–Crippen MR) is 82.4 cm³/mol. The highest BCUT2D eigenvalue weighted by molar-refractivity contribution is 5.85. The second-order valence-electron chi connectivity index (χ2n) is 4.74. The Morgan fingerprint density at radius 2 is 1.86 bits per heavy atom. The zero-order chi connectivity index (χ0) is 14.7. The molecular formula is C18H14N2O. The van der Waals surface area contributed by atoms with Gasteiger partial charge in [0, 0.05) is 11.5 Å². The molecule has 0 amide bonds. The fraction of sp³-hybridized carbons (Fsp3) is 0.111. The van der Waals surface area contributed by atoms with Gasteiger partial charge in [0.25, 0.3) is 0 Å². The molecule has 0 spiro atoms. The van der Waals surface area contributed by atoms with E-state index < -0.39 is 0 Å². The van der Waals surface area contributed by atoms with E-state index in [0.29, 0.717) is 11.4 Å². The fourth-order valence-corrected chi connectivity index (χ4v) is 2.21. The smallest absolute Gasteiger partial charge is 0.221 e. The maximum atomic E-state index is 9.26. The fourth-order valence-electron chi connectivity index (χ4n) is 2.21. The minimum absolute atomic E-state index is 0.439. The highest BCUT2D eigenvalue weighted by atomic mass is 16.5. The topological polar surface area (TPSA) is 45.9 Å². The lowest BCUT2D eigenvalue weighted by Gasteiger charge is -2.07. The summed E-state index contributed by atoms with van der Waals surface area (Å²) < 4.78 is 5.77. The van der Waals surface area contributed by atoms with Gasteiger partial charge in [-0.15, -0.1) is 0 Å². The van der Waals surface area contributed by atoms with Gasteiger partial charge in [-0.2, -0.15) is 5.26 Å². The lowest BCUT2D eigenvalue weighted by atomic mass is 10.1. The van der Waals surface area contributed by atoms with Crippen LogP contribution in [-0.2, 0) is 6.42 Å². The Morgan fingerprint density at radius 3 is 2.57 bits per heavy atom. The van der Waals surface area contributed by atoms with Crippen LogP contribution in [0.15, 0.2) is 54.6 Å². The number of rotatable bonds is 3. The van der Waals surface area contributed by atoms with Gasteiger partial charge < -0.3 is 4.74 Å². The molecule has 0 aliphatic rings. The number of hydrogen-bond donors (Lipinski definition) is 0. The van der Waals surface area contributed by atoms with Gasteiger partial charge in [-0.1, -0.05) is 37.3 Å². The number of para-hydroxylation sites is 1. The molecule has 0 radical (unpaired) electrons. The van der Waals surface area contributed by atoms with E-state index in [1.54, 1.807) is 6.07 Å². The zero-order valence-corrected chi connectivity index (χ0v) is 11.7. The molecule has 21 heavy (non-hydrogen) atoms. The molecule has 1 heterocycles. The summed E-state index contributed by atoms with van der Waals surface area (Å²) >= 11 is 0. The predicted octanol–water partition coefficient (Wildman–Crippen LogP) is 4.46. The first-order valence-corrected chi connectivity index (χ1v) is 6.87. The van der Waals surface area contributed by atoms with E-state index in [1.165, 1.54) is 5.56 Å². The summed E-state index contributed by atoms with van der Waals surface area (Å²) in [5.74, 6) is 1.16. The van der Waals surface area contributed by atoms with Crippen molar-refractivity contribution in [2.75, 3.05) is 0 Å². The second kappa shape index (κ2) is 5.64. The molecule has 2 aromatic carbocycles. The molecule has 102 valence electrons. The average molecular weight is 274 g/mol. The zero-order valence-electron chi connectivity index (χ0n) is 11.7. The van der Waals surface area contributed by atoms with Gasteiger partial charge in [-0.25, -0.2) is 4.98 Å². The normalized spacial score (nSPS) is 10.3. The maximum Gasteiger partial charge on any atom is 0.221 e. The first-order valence-electron chi connectivity index (χ1n) is 6.87. The van der Waals surface area contributed by atoms with Crippen LogP contribution in [-0.4, -0.2) is 4.98 Å². The lowest BCUT2D eigenvalue weighted by molar-refractivity contribution is 0.465. The van der Waals surface area contributed by atoms with Gasteiger partial charge in [-0.05, 0) is 30.2 Å². The molecule has 3 aromatic rings. The summed E-state index contributed by atoms with van der Waals surface area (Å²) in [5, 5.41) is 10.1. The van der Waals surface area contributed by atoms with E-state index in [0.717, 1.165) is 23.1 Å². The number of nitrogens with zero attached hydrogens (tertiary/aromatic N) is 2. The summed E-state index contributed by atoms with van der Waals surface area (Å²) in [6.07, 6.45) is 0.993. The van der Waals surface area contributed by atoms with E-state index in [4.69, 9.17) is 4.74 Å². The van der Waals surface area contributed by atoms with Crippen LogP contribution in [0, 0.1) is 11.3 Å². The van der Waals surface area contributed by atoms with Crippen molar-refractivity contribution >= 4 is 10.9 Å². The van der Waals surface area contributed by atoms with E-state index in [1.807, 2.05) is 48.5 Å². The Bertz CT molecular complexity index is 817. The van der Waals surface area contributed by atoms with E-state index in [2.05, 4.69) is 18.0 Å². The molecule has 0 unspecified atom stereocenters. The van der Waals surface area contributed by atoms with Crippen molar-refractivity contribution in [2.24, 2.45) is 0 Å². The number of aryl methyl sites for hydroxylation is 1. The molecule has 3 rings (SSSR count). The number of benzene rings is 2. The molecule has 3 heteroatoms. The van der Waals surface area contributed by atoms with Crippen molar-refractivity contribution < 1.29 is 4.74 Å². The summed E-state index contributed by atoms with van der Waals surface area (Å²) in [6.45, 7) is 2.11.